The summed E-state index contributed by atoms with van der Waals surface area (Å²) in [6.45, 7) is 1.95. The summed E-state index contributed by atoms with van der Waals surface area (Å²) in [4.78, 5) is 31.1. The van der Waals surface area contributed by atoms with Crippen molar-refractivity contribution < 1.29 is 9.59 Å². The highest BCUT2D eigenvalue weighted by molar-refractivity contribution is 14.0. The highest BCUT2D eigenvalue weighted by atomic mass is 127. The number of guanidine groups is 1. The molecule has 6 nitrogen and oxygen atoms in total. The van der Waals surface area contributed by atoms with Gasteiger partial charge < -0.3 is 10.6 Å². The average Bonchev–Trinajstić information content (AvgIpc) is 3.43. The Morgan fingerprint density at radius 3 is 2.19 bits per heavy atom. The molecule has 2 N–H and O–H groups in total. The number of nitrogens with zero attached hydrogens (tertiary/aromatic N) is 2. The molecule has 1 heterocycles. The van der Waals surface area contributed by atoms with E-state index in [1.807, 2.05) is 24.3 Å². The number of nitrogens with one attached hydrogen (secondary N) is 2. The molecule has 1 saturated heterocycles. The molecule has 1 saturated carbocycles. The Morgan fingerprint density at radius 1 is 1.03 bits per heavy atom. The van der Waals surface area contributed by atoms with Crippen LogP contribution in [0.2, 0.25) is 5.02 Å². The summed E-state index contributed by atoms with van der Waals surface area (Å²) in [5, 5.41) is 7.33. The third-order valence-electron chi connectivity index (χ3n) is 6.48. The van der Waals surface area contributed by atoms with E-state index in [4.69, 9.17) is 11.6 Å². The van der Waals surface area contributed by atoms with Gasteiger partial charge in [0.1, 0.15) is 0 Å². The van der Waals surface area contributed by atoms with Gasteiger partial charge in [-0.3, -0.25) is 19.5 Å². The number of allylic oxidation sites excluding steroid dienone is 2. The molecule has 168 valence electrons. The van der Waals surface area contributed by atoms with Crippen LogP contribution in [0.1, 0.15) is 24.8 Å². The molecule has 2 bridgehead atoms. The van der Waals surface area contributed by atoms with E-state index in [1.165, 1.54) is 10.5 Å². The second-order valence-electron chi connectivity index (χ2n) is 8.34. The summed E-state index contributed by atoms with van der Waals surface area (Å²) < 4.78 is 0. The zero-order valence-corrected chi connectivity index (χ0v) is 20.8. The maximum absolute atomic E-state index is 12.7. The minimum Gasteiger partial charge on any atom is -0.356 e. The second kappa shape index (κ2) is 10.8. The van der Waals surface area contributed by atoms with Gasteiger partial charge in [-0.05, 0) is 55.2 Å². The number of halogens is 2. The van der Waals surface area contributed by atoms with Crippen molar-refractivity contribution in [1.82, 2.24) is 15.5 Å². The Hall–Kier alpha value is -1.61. The smallest absolute Gasteiger partial charge is 0.233 e. The first-order valence-electron chi connectivity index (χ1n) is 10.8. The van der Waals surface area contributed by atoms with E-state index >= 15 is 0 Å². The van der Waals surface area contributed by atoms with E-state index < -0.39 is 0 Å². The van der Waals surface area contributed by atoms with E-state index in [9.17, 15) is 9.59 Å². The predicted molar refractivity (Wildman–Crippen MR) is 134 cm³/mol. The van der Waals surface area contributed by atoms with E-state index in [0.717, 1.165) is 36.8 Å². The number of amides is 2. The molecule has 1 aromatic rings. The molecule has 4 atom stereocenters. The van der Waals surface area contributed by atoms with Crippen molar-refractivity contribution in [3.05, 3.63) is 47.0 Å². The molecular weight excluding hydrogens is 527 g/mol. The van der Waals surface area contributed by atoms with Crippen LogP contribution in [0, 0.1) is 23.7 Å². The van der Waals surface area contributed by atoms with E-state index in [2.05, 4.69) is 27.8 Å². The molecule has 3 aliphatic rings. The average molecular weight is 557 g/mol. The van der Waals surface area contributed by atoms with Crippen molar-refractivity contribution in [3.8, 4) is 0 Å². The van der Waals surface area contributed by atoms with Crippen molar-refractivity contribution >= 4 is 53.4 Å². The number of hydrogen-bond acceptors (Lipinski definition) is 3. The van der Waals surface area contributed by atoms with Crippen LogP contribution >= 0.6 is 35.6 Å². The number of carbonyl (C=O) groups is 2. The lowest BCUT2D eigenvalue weighted by molar-refractivity contribution is -0.140. The molecule has 0 aromatic heterocycles. The van der Waals surface area contributed by atoms with Crippen molar-refractivity contribution in [2.45, 2.75) is 25.7 Å². The van der Waals surface area contributed by atoms with E-state index in [0.29, 0.717) is 19.5 Å². The number of carbonyl (C=O) groups excluding carboxylic acids is 2. The van der Waals surface area contributed by atoms with Gasteiger partial charge in [-0.1, -0.05) is 35.9 Å². The van der Waals surface area contributed by atoms with Gasteiger partial charge >= 0.3 is 0 Å². The van der Waals surface area contributed by atoms with Gasteiger partial charge in [-0.25, -0.2) is 0 Å². The van der Waals surface area contributed by atoms with Crippen molar-refractivity contribution in [3.63, 3.8) is 0 Å². The van der Waals surface area contributed by atoms with Crippen LogP contribution < -0.4 is 10.6 Å². The Balaban J connectivity index is 0.00000272. The van der Waals surface area contributed by atoms with Crippen LogP contribution in [0.15, 0.2) is 41.4 Å². The molecule has 31 heavy (non-hydrogen) atoms. The highest BCUT2D eigenvalue weighted by Crippen LogP contribution is 2.52. The minimum absolute atomic E-state index is 0. The first-order valence-corrected chi connectivity index (χ1v) is 11.2. The third-order valence-corrected chi connectivity index (χ3v) is 6.74. The standard InChI is InChI=1S/C23H29ClN4O2.HI/c1-25-23(26-11-2-4-15-5-9-18(24)10-6-15)27-12-3-13-28-21(29)19-16-7-8-17(14-16)20(19)22(28)30;/h5-10,16-17,19-20H,2-4,11-14H2,1H3,(H2,25,26,27);1H. The van der Waals surface area contributed by atoms with Gasteiger partial charge in [0.25, 0.3) is 0 Å². The molecule has 1 aliphatic heterocycles. The number of benzene rings is 1. The van der Waals surface area contributed by atoms with Crippen LogP contribution in [-0.4, -0.2) is 49.4 Å². The van der Waals surface area contributed by atoms with Gasteiger partial charge in [0.05, 0.1) is 11.8 Å². The Morgan fingerprint density at radius 2 is 1.61 bits per heavy atom. The van der Waals surface area contributed by atoms with Gasteiger partial charge in [0, 0.05) is 31.7 Å². The zero-order valence-electron chi connectivity index (χ0n) is 17.7. The lowest BCUT2D eigenvalue weighted by atomic mass is 9.85. The summed E-state index contributed by atoms with van der Waals surface area (Å²) in [7, 11) is 1.74. The van der Waals surface area contributed by atoms with Crippen LogP contribution in [-0.2, 0) is 16.0 Å². The Bertz CT molecular complexity index is 828. The van der Waals surface area contributed by atoms with Gasteiger partial charge in [-0.2, -0.15) is 0 Å². The van der Waals surface area contributed by atoms with Crippen molar-refractivity contribution in [1.29, 1.82) is 0 Å². The highest BCUT2D eigenvalue weighted by Gasteiger charge is 2.58. The molecule has 4 unspecified atom stereocenters. The molecule has 2 amide bonds. The maximum atomic E-state index is 12.7. The fourth-order valence-electron chi connectivity index (χ4n) is 5.00. The first-order chi connectivity index (χ1) is 14.6. The van der Waals surface area contributed by atoms with E-state index in [1.54, 1.807) is 7.05 Å². The second-order valence-corrected chi connectivity index (χ2v) is 8.77. The van der Waals surface area contributed by atoms with E-state index in [-0.39, 0.29) is 59.5 Å². The molecule has 8 heteroatoms. The number of hydrogen-bond donors (Lipinski definition) is 2. The lowest BCUT2D eigenvalue weighted by Gasteiger charge is -2.18. The molecule has 1 aromatic carbocycles. The molecular formula is C23H30ClIN4O2. The first kappa shape index (κ1) is 24.0. The van der Waals surface area contributed by atoms with Gasteiger partial charge in [-0.15, -0.1) is 24.0 Å². The third kappa shape index (κ3) is 5.25. The number of fused-ring (bicyclic) bond motifs is 5. The van der Waals surface area contributed by atoms with Crippen LogP contribution in [0.5, 0.6) is 0 Å². The van der Waals surface area contributed by atoms with Gasteiger partial charge in [0.15, 0.2) is 5.96 Å². The number of aliphatic imine (C=N–C) groups is 1. The largest absolute Gasteiger partial charge is 0.356 e. The van der Waals surface area contributed by atoms with Crippen molar-refractivity contribution in [2.24, 2.45) is 28.7 Å². The summed E-state index contributed by atoms with van der Waals surface area (Å²) >= 11 is 5.91. The monoisotopic (exact) mass is 556 g/mol. The van der Waals surface area contributed by atoms with Crippen LogP contribution in [0.3, 0.4) is 0 Å². The summed E-state index contributed by atoms with van der Waals surface area (Å²) in [5.41, 5.74) is 1.26. The quantitative estimate of drug-likeness (QED) is 0.129. The topological polar surface area (TPSA) is 73.8 Å². The number of rotatable bonds is 8. The predicted octanol–water partition coefficient (Wildman–Crippen LogP) is 3.25. The van der Waals surface area contributed by atoms with Gasteiger partial charge in [0.2, 0.25) is 11.8 Å². The molecule has 2 aliphatic carbocycles. The minimum atomic E-state index is -0.101. The zero-order chi connectivity index (χ0) is 21.1. The van der Waals surface area contributed by atoms with Crippen LogP contribution in [0.25, 0.3) is 0 Å². The Kier molecular flexibility index (Phi) is 8.38. The lowest BCUT2D eigenvalue weighted by Crippen LogP contribution is -2.40. The van der Waals surface area contributed by atoms with Crippen LogP contribution in [0.4, 0.5) is 0 Å². The molecule has 0 spiro atoms. The number of aryl methyl sites for hydroxylation is 1. The fraction of sp³-hybridized carbons (Fsp3) is 0.522. The number of likely N-dealkylation sites (tertiary alicyclic amines) is 1. The molecule has 2 fully saturated rings. The van der Waals surface area contributed by atoms with Crippen molar-refractivity contribution in [2.75, 3.05) is 26.7 Å². The summed E-state index contributed by atoms with van der Waals surface area (Å²) in [6.07, 6.45) is 7.90. The number of imide groups is 1. The normalized spacial score (nSPS) is 26.3. The SMILES string of the molecule is CN=C(NCCCc1ccc(Cl)cc1)NCCCN1C(=O)C2C3C=CC(C3)C2C1=O.I. The molecule has 4 rings (SSSR count). The molecule has 0 radical (unpaired) electrons. The maximum Gasteiger partial charge on any atom is 0.233 e. The summed E-state index contributed by atoms with van der Waals surface area (Å²) in [5.74, 6) is 1.15. The Labute approximate surface area is 205 Å². The summed E-state index contributed by atoms with van der Waals surface area (Å²) in [6, 6.07) is 7.92. The fourth-order valence-corrected chi connectivity index (χ4v) is 5.13.